The van der Waals surface area contributed by atoms with Crippen LogP contribution in [0.2, 0.25) is 5.02 Å². The van der Waals surface area contributed by atoms with Crippen LogP contribution >= 0.6 is 11.6 Å². The predicted molar refractivity (Wildman–Crippen MR) is 222 cm³/mol. The molecule has 1 aliphatic carbocycles. The van der Waals surface area contributed by atoms with E-state index in [1.54, 1.807) is 18.2 Å². The molecular formula is C45H48ClN7O6. The van der Waals surface area contributed by atoms with Crippen LogP contribution in [-0.4, -0.2) is 97.4 Å². The number of piperazine rings is 1. The molecule has 1 atom stereocenters. The average molecular weight is 818 g/mol. The number of ether oxygens (including phenoxy) is 1. The molecule has 2 N–H and O–H groups in total. The number of benzene rings is 3. The first-order valence-corrected chi connectivity index (χ1v) is 20.8. The van der Waals surface area contributed by atoms with Gasteiger partial charge in [0, 0.05) is 115 Å². The summed E-state index contributed by atoms with van der Waals surface area (Å²) in [7, 11) is 0. The molecule has 0 radical (unpaired) electrons. The highest BCUT2D eigenvalue weighted by atomic mass is 35.5. The molecule has 0 bridgehead atoms. The minimum Gasteiger partial charge on any atom is -0.489 e. The lowest BCUT2D eigenvalue weighted by atomic mass is 9.49. The molecule has 14 heteroatoms. The van der Waals surface area contributed by atoms with Gasteiger partial charge in [0.15, 0.2) is 5.76 Å². The van der Waals surface area contributed by atoms with Crippen LogP contribution in [0.3, 0.4) is 0 Å². The van der Waals surface area contributed by atoms with Crippen molar-refractivity contribution in [2.24, 2.45) is 16.7 Å². The van der Waals surface area contributed by atoms with Crippen molar-refractivity contribution in [2.45, 2.75) is 65.3 Å². The van der Waals surface area contributed by atoms with Gasteiger partial charge in [0.05, 0.1) is 17.1 Å². The minimum atomic E-state index is -0.664. The van der Waals surface area contributed by atoms with Crippen LogP contribution in [0.15, 0.2) is 65.1 Å². The first-order chi connectivity index (χ1) is 28.2. The Balaban J connectivity index is 0.731. The van der Waals surface area contributed by atoms with Crippen LogP contribution in [0.25, 0.3) is 11.0 Å². The molecule has 4 fully saturated rings. The zero-order valence-corrected chi connectivity index (χ0v) is 34.5. The largest absolute Gasteiger partial charge is 0.489 e. The van der Waals surface area contributed by atoms with Gasteiger partial charge >= 0.3 is 0 Å². The van der Waals surface area contributed by atoms with Crippen LogP contribution in [0.4, 0.5) is 11.4 Å². The molecule has 1 saturated carbocycles. The van der Waals surface area contributed by atoms with Crippen molar-refractivity contribution in [2.75, 3.05) is 55.6 Å². The van der Waals surface area contributed by atoms with Crippen LogP contribution in [0.5, 0.6) is 5.75 Å². The van der Waals surface area contributed by atoms with E-state index in [-0.39, 0.29) is 52.9 Å². The lowest BCUT2D eigenvalue weighted by Crippen LogP contribution is -2.74. The number of nitriles is 1. The van der Waals surface area contributed by atoms with Gasteiger partial charge < -0.3 is 29.2 Å². The number of nitrogens with one attached hydrogen (secondary N) is 2. The highest BCUT2D eigenvalue weighted by molar-refractivity contribution is 6.31. The van der Waals surface area contributed by atoms with Gasteiger partial charge in [0.25, 0.3) is 11.8 Å². The number of carbonyl (C=O) groups is 4. The molecule has 13 nitrogen and oxygen atoms in total. The number of amides is 4. The number of hydrogen-bond acceptors (Lipinski definition) is 10. The number of rotatable bonds is 9. The SMILES string of the molecule is CC1(C)[C@H](NC(=O)c2ccc(N3CC(CN4CCN(c5ccc6c7c(oc6c5)C(=O)N(C5CCC(=O)NC5=O)C7)CC4)C3)cc2)C(C)(C)[C@H]1Oc1ccc(C#N)c(Cl)c1. The molecule has 1 aromatic heterocycles. The molecule has 0 spiro atoms. The number of halogens is 1. The van der Waals surface area contributed by atoms with Crippen molar-refractivity contribution < 1.29 is 28.3 Å². The second-order valence-electron chi connectivity index (χ2n) is 17.9. The smallest absolute Gasteiger partial charge is 0.290 e. The first kappa shape index (κ1) is 38.9. The van der Waals surface area contributed by atoms with Crippen molar-refractivity contribution in [3.05, 3.63) is 88.1 Å². The Hall–Kier alpha value is -5.58. The third-order valence-corrected chi connectivity index (χ3v) is 13.6. The fraction of sp³-hybridized carbons (Fsp3) is 0.444. The molecule has 3 aromatic carbocycles. The third kappa shape index (κ3) is 6.86. The average Bonchev–Trinajstić information content (AvgIpc) is 3.72. The first-order valence-electron chi connectivity index (χ1n) is 20.4. The van der Waals surface area contributed by atoms with Gasteiger partial charge in [0.2, 0.25) is 11.8 Å². The lowest BCUT2D eigenvalue weighted by Gasteiger charge is -2.63. The normalized spacial score (nSPS) is 24.0. The maximum absolute atomic E-state index is 13.5. The van der Waals surface area contributed by atoms with Gasteiger partial charge in [-0.25, -0.2) is 0 Å². The molecule has 4 aliphatic heterocycles. The van der Waals surface area contributed by atoms with Crippen LogP contribution in [0, 0.1) is 28.1 Å². The molecule has 4 aromatic rings. The highest BCUT2D eigenvalue weighted by Crippen LogP contribution is 2.55. The molecule has 59 heavy (non-hydrogen) atoms. The van der Waals surface area contributed by atoms with E-state index in [0.717, 1.165) is 68.1 Å². The Morgan fingerprint density at radius 2 is 1.66 bits per heavy atom. The van der Waals surface area contributed by atoms with E-state index >= 15 is 0 Å². The molecule has 1 unspecified atom stereocenters. The number of anilines is 2. The Labute approximate surface area is 348 Å². The number of imide groups is 1. The van der Waals surface area contributed by atoms with Gasteiger partial charge in [-0.2, -0.15) is 5.26 Å². The second-order valence-corrected chi connectivity index (χ2v) is 18.3. The second kappa shape index (κ2) is 14.6. The van der Waals surface area contributed by atoms with E-state index in [1.165, 1.54) is 4.90 Å². The monoisotopic (exact) mass is 817 g/mol. The van der Waals surface area contributed by atoms with E-state index in [4.69, 9.17) is 20.8 Å². The summed E-state index contributed by atoms with van der Waals surface area (Å²) in [6.07, 6.45) is 0.365. The molecule has 4 amide bonds. The standard InChI is InChI=1S/C45H48ClN7O6/c1-44(2)42(45(3,4)43(44)58-31-11-7-28(21-47)34(46)20-31)49-39(55)27-5-8-29(9-6-27)52-23-26(24-52)22-50-15-17-51(18-16-50)30-10-12-32-33-25-53(35-13-14-37(54)48-40(35)56)41(57)38(33)59-36(32)19-30/h5-12,19-20,26,35,42-43H,13-18,22-25H2,1-4H3,(H,49,55)(H,48,54,56)/t35?,42-,43-. The summed E-state index contributed by atoms with van der Waals surface area (Å²) in [6.45, 7) is 15.4. The minimum absolute atomic E-state index is 0.107. The molecular weight excluding hydrogens is 770 g/mol. The summed E-state index contributed by atoms with van der Waals surface area (Å²) < 4.78 is 12.5. The van der Waals surface area contributed by atoms with Crippen molar-refractivity contribution >= 4 is 57.6 Å². The van der Waals surface area contributed by atoms with Crippen LogP contribution < -0.4 is 25.2 Å². The topological polar surface area (TPSA) is 151 Å². The van der Waals surface area contributed by atoms with Crippen molar-refractivity contribution in [3.8, 4) is 11.8 Å². The summed E-state index contributed by atoms with van der Waals surface area (Å²) in [4.78, 5) is 59.5. The lowest BCUT2D eigenvalue weighted by molar-refractivity contribution is -0.164. The van der Waals surface area contributed by atoms with E-state index in [9.17, 15) is 24.4 Å². The summed E-state index contributed by atoms with van der Waals surface area (Å²) in [6, 6.07) is 20.4. The van der Waals surface area contributed by atoms with Gasteiger partial charge in [-0.15, -0.1) is 0 Å². The Kier molecular flexibility index (Phi) is 9.63. The van der Waals surface area contributed by atoms with E-state index in [1.807, 2.05) is 36.4 Å². The number of carbonyl (C=O) groups excluding carboxylic acids is 4. The number of nitrogens with zero attached hydrogens (tertiary/aromatic N) is 5. The summed E-state index contributed by atoms with van der Waals surface area (Å²) >= 11 is 6.25. The number of furan rings is 1. The molecule has 3 saturated heterocycles. The molecule has 306 valence electrons. The molecule has 9 rings (SSSR count). The fourth-order valence-corrected chi connectivity index (χ4v) is 10.6. The molecule has 5 heterocycles. The molecule has 5 aliphatic rings. The maximum atomic E-state index is 13.5. The van der Waals surface area contributed by atoms with Gasteiger partial charge in [-0.1, -0.05) is 39.3 Å². The van der Waals surface area contributed by atoms with Crippen molar-refractivity contribution in [1.29, 1.82) is 5.26 Å². The van der Waals surface area contributed by atoms with Gasteiger partial charge in [-0.3, -0.25) is 29.4 Å². The van der Waals surface area contributed by atoms with Gasteiger partial charge in [0.1, 0.15) is 29.5 Å². The Bertz CT molecular complexity index is 2390. The number of piperidine rings is 1. The predicted octanol–water partition coefficient (Wildman–Crippen LogP) is 5.59. The highest BCUT2D eigenvalue weighted by Gasteiger charge is 2.64. The van der Waals surface area contributed by atoms with Crippen LogP contribution in [0.1, 0.15) is 72.6 Å². The summed E-state index contributed by atoms with van der Waals surface area (Å²) in [5.74, 6) is 0.318. The van der Waals surface area contributed by atoms with Crippen molar-refractivity contribution in [3.63, 3.8) is 0 Å². The van der Waals surface area contributed by atoms with Gasteiger partial charge in [-0.05, 0) is 55.0 Å². The quantitative estimate of drug-likeness (QED) is 0.205. The summed E-state index contributed by atoms with van der Waals surface area (Å²) in [5.41, 5.74) is 3.99. The van der Waals surface area contributed by atoms with Crippen LogP contribution in [-0.2, 0) is 16.1 Å². The number of hydrogen-bond donors (Lipinski definition) is 2. The Morgan fingerprint density at radius 3 is 2.34 bits per heavy atom. The maximum Gasteiger partial charge on any atom is 0.290 e. The summed E-state index contributed by atoms with van der Waals surface area (Å²) in [5, 5.41) is 16.1. The van der Waals surface area contributed by atoms with Crippen molar-refractivity contribution in [1.82, 2.24) is 20.4 Å². The zero-order chi connectivity index (χ0) is 41.4. The fourth-order valence-electron chi connectivity index (χ4n) is 10.4. The third-order valence-electron chi connectivity index (χ3n) is 13.3. The van der Waals surface area contributed by atoms with E-state index < -0.39 is 11.9 Å². The Morgan fingerprint density at radius 1 is 0.949 bits per heavy atom. The number of fused-ring (bicyclic) bond motifs is 3. The zero-order valence-electron chi connectivity index (χ0n) is 33.7. The van der Waals surface area contributed by atoms with E-state index in [0.29, 0.717) is 46.4 Å². The van der Waals surface area contributed by atoms with E-state index in [2.05, 4.69) is 65.2 Å².